The van der Waals surface area contributed by atoms with Crippen LogP contribution in [0.3, 0.4) is 0 Å². The summed E-state index contributed by atoms with van der Waals surface area (Å²) in [5, 5.41) is 3.03. The van der Waals surface area contributed by atoms with Gasteiger partial charge in [0.05, 0.1) is 6.04 Å². The van der Waals surface area contributed by atoms with Crippen molar-refractivity contribution in [3.63, 3.8) is 0 Å². The molecule has 2 atom stereocenters. The van der Waals surface area contributed by atoms with Gasteiger partial charge in [0.15, 0.2) is 0 Å². The van der Waals surface area contributed by atoms with Gasteiger partial charge >= 0.3 is 6.09 Å². The second kappa shape index (κ2) is 7.32. The van der Waals surface area contributed by atoms with Crippen molar-refractivity contribution in [3.8, 4) is 0 Å². The maximum atomic E-state index is 12.2. The molecule has 0 aliphatic rings. The number of carbonyl (C=O) groups excluding carboxylic acids is 1. The van der Waals surface area contributed by atoms with Crippen molar-refractivity contribution in [2.75, 3.05) is 0 Å². The Bertz CT molecular complexity index is 617. The minimum Gasteiger partial charge on any atom is -0.444 e. The molecule has 0 aliphatic carbocycles. The molecule has 2 aromatic carbocycles. The first-order valence-corrected chi connectivity index (χ1v) is 7.96. The summed E-state index contributed by atoms with van der Waals surface area (Å²) in [6.45, 7) is 7.71. The zero-order valence-corrected chi connectivity index (χ0v) is 14.2. The van der Waals surface area contributed by atoms with Crippen LogP contribution in [0.2, 0.25) is 0 Å². The van der Waals surface area contributed by atoms with Gasteiger partial charge < -0.3 is 10.1 Å². The van der Waals surface area contributed by atoms with E-state index < -0.39 is 11.7 Å². The van der Waals surface area contributed by atoms with Crippen molar-refractivity contribution in [2.45, 2.75) is 45.3 Å². The number of rotatable bonds is 4. The predicted molar refractivity (Wildman–Crippen MR) is 93.4 cm³/mol. The Morgan fingerprint density at radius 3 is 1.87 bits per heavy atom. The number of hydrogen-bond acceptors (Lipinski definition) is 2. The number of nitrogens with one attached hydrogen (secondary N) is 1. The average Bonchev–Trinajstić information content (AvgIpc) is 2.52. The lowest BCUT2D eigenvalue weighted by Crippen LogP contribution is -2.36. The quantitative estimate of drug-likeness (QED) is 0.857. The second-order valence-electron chi connectivity index (χ2n) is 6.73. The molecule has 3 heteroatoms. The summed E-state index contributed by atoms with van der Waals surface area (Å²) < 4.78 is 5.43. The average molecular weight is 311 g/mol. The fourth-order valence-corrected chi connectivity index (χ4v) is 2.54. The van der Waals surface area contributed by atoms with Gasteiger partial charge in [-0.2, -0.15) is 0 Å². The van der Waals surface area contributed by atoms with Crippen molar-refractivity contribution >= 4 is 6.09 Å². The van der Waals surface area contributed by atoms with Crippen LogP contribution < -0.4 is 5.32 Å². The first-order valence-electron chi connectivity index (χ1n) is 7.96. The van der Waals surface area contributed by atoms with Gasteiger partial charge in [-0.25, -0.2) is 4.79 Å². The summed E-state index contributed by atoms with van der Waals surface area (Å²) >= 11 is 0. The van der Waals surface area contributed by atoms with Crippen molar-refractivity contribution in [1.82, 2.24) is 5.32 Å². The molecule has 0 heterocycles. The van der Waals surface area contributed by atoms with Crippen LogP contribution in [0.5, 0.6) is 0 Å². The zero-order chi connectivity index (χ0) is 16.9. The van der Waals surface area contributed by atoms with E-state index in [2.05, 4.69) is 24.4 Å². The van der Waals surface area contributed by atoms with Crippen LogP contribution in [0, 0.1) is 0 Å². The highest BCUT2D eigenvalue weighted by molar-refractivity contribution is 5.68. The van der Waals surface area contributed by atoms with Crippen molar-refractivity contribution in [1.29, 1.82) is 0 Å². The molecular weight excluding hydrogens is 286 g/mol. The topological polar surface area (TPSA) is 38.3 Å². The predicted octanol–water partition coefficient (Wildman–Crippen LogP) is 5.06. The Balaban J connectivity index is 2.24. The van der Waals surface area contributed by atoms with Gasteiger partial charge in [-0.15, -0.1) is 0 Å². The number of ether oxygens (including phenoxy) is 1. The molecule has 0 saturated heterocycles. The van der Waals surface area contributed by atoms with E-state index in [1.807, 2.05) is 69.3 Å². The van der Waals surface area contributed by atoms with E-state index in [0.29, 0.717) is 0 Å². The molecule has 0 saturated carbocycles. The third-order valence-corrected chi connectivity index (χ3v) is 3.66. The standard InChI is InChI=1S/C20H25NO2/c1-15(16-11-7-5-8-12-16)18(17-13-9-6-10-14-17)21-19(22)23-20(2,3)4/h5-15,18H,1-4H3,(H,21,22). The molecule has 0 aliphatic heterocycles. The van der Waals surface area contributed by atoms with E-state index in [0.717, 1.165) is 5.56 Å². The Hall–Kier alpha value is -2.29. The molecule has 2 rings (SSSR count). The smallest absolute Gasteiger partial charge is 0.408 e. The van der Waals surface area contributed by atoms with Crippen molar-refractivity contribution in [3.05, 3.63) is 71.8 Å². The van der Waals surface area contributed by atoms with Crippen LogP contribution in [0.1, 0.15) is 50.8 Å². The van der Waals surface area contributed by atoms with Gasteiger partial charge in [-0.3, -0.25) is 0 Å². The van der Waals surface area contributed by atoms with Crippen LogP contribution in [0.15, 0.2) is 60.7 Å². The van der Waals surface area contributed by atoms with Crippen LogP contribution in [0.25, 0.3) is 0 Å². The highest BCUT2D eigenvalue weighted by Gasteiger charge is 2.25. The van der Waals surface area contributed by atoms with Gasteiger partial charge in [-0.1, -0.05) is 67.6 Å². The fourth-order valence-electron chi connectivity index (χ4n) is 2.54. The Morgan fingerprint density at radius 1 is 0.913 bits per heavy atom. The molecule has 0 bridgehead atoms. The molecule has 1 N–H and O–H groups in total. The van der Waals surface area contributed by atoms with Gasteiger partial charge in [0.1, 0.15) is 5.60 Å². The maximum Gasteiger partial charge on any atom is 0.408 e. The van der Waals surface area contributed by atoms with E-state index in [9.17, 15) is 4.79 Å². The summed E-state index contributed by atoms with van der Waals surface area (Å²) in [7, 11) is 0. The lowest BCUT2D eigenvalue weighted by molar-refractivity contribution is 0.0497. The van der Waals surface area contributed by atoms with E-state index in [-0.39, 0.29) is 12.0 Å². The van der Waals surface area contributed by atoms with E-state index in [4.69, 9.17) is 4.74 Å². The summed E-state index contributed by atoms with van der Waals surface area (Å²) in [5.74, 6) is 0.131. The molecule has 1 amide bonds. The lowest BCUT2D eigenvalue weighted by Gasteiger charge is -2.28. The van der Waals surface area contributed by atoms with Crippen LogP contribution in [0.4, 0.5) is 4.79 Å². The Kier molecular flexibility index (Phi) is 5.43. The van der Waals surface area contributed by atoms with Gasteiger partial charge in [0.2, 0.25) is 0 Å². The Labute approximate surface area is 138 Å². The van der Waals surface area contributed by atoms with E-state index in [1.165, 1.54) is 5.56 Å². The number of benzene rings is 2. The molecule has 0 radical (unpaired) electrons. The number of amides is 1. The number of alkyl carbamates (subject to hydrolysis) is 1. The molecular formula is C20H25NO2. The summed E-state index contributed by atoms with van der Waals surface area (Å²) in [6.07, 6.45) is -0.394. The summed E-state index contributed by atoms with van der Waals surface area (Å²) in [5.41, 5.74) is 1.73. The second-order valence-corrected chi connectivity index (χ2v) is 6.73. The number of hydrogen-bond donors (Lipinski definition) is 1. The molecule has 0 spiro atoms. The molecule has 2 unspecified atom stereocenters. The zero-order valence-electron chi connectivity index (χ0n) is 14.2. The monoisotopic (exact) mass is 311 g/mol. The van der Waals surface area contributed by atoms with Gasteiger partial charge in [0.25, 0.3) is 0 Å². The minimum atomic E-state index is -0.513. The van der Waals surface area contributed by atoms with E-state index in [1.54, 1.807) is 0 Å². The number of carbonyl (C=O) groups is 1. The minimum absolute atomic E-state index is 0.131. The normalized spacial score (nSPS) is 13.9. The third kappa shape index (κ3) is 5.13. The van der Waals surface area contributed by atoms with Crippen LogP contribution >= 0.6 is 0 Å². The highest BCUT2D eigenvalue weighted by Crippen LogP contribution is 2.30. The first kappa shape index (κ1) is 17.1. The van der Waals surface area contributed by atoms with Crippen LogP contribution in [-0.2, 0) is 4.74 Å². The molecule has 2 aromatic rings. The molecule has 23 heavy (non-hydrogen) atoms. The molecule has 122 valence electrons. The molecule has 0 fully saturated rings. The highest BCUT2D eigenvalue weighted by atomic mass is 16.6. The summed E-state index contributed by atoms with van der Waals surface area (Å²) in [6, 6.07) is 20.0. The largest absolute Gasteiger partial charge is 0.444 e. The SMILES string of the molecule is CC(c1ccccc1)C(NC(=O)OC(C)(C)C)c1ccccc1. The first-order chi connectivity index (χ1) is 10.9. The third-order valence-electron chi connectivity index (χ3n) is 3.66. The molecule has 3 nitrogen and oxygen atoms in total. The Morgan fingerprint density at radius 2 is 1.39 bits per heavy atom. The fraction of sp³-hybridized carbons (Fsp3) is 0.350. The van der Waals surface area contributed by atoms with Gasteiger partial charge in [-0.05, 0) is 31.9 Å². The van der Waals surface area contributed by atoms with Crippen molar-refractivity contribution < 1.29 is 9.53 Å². The van der Waals surface area contributed by atoms with Crippen molar-refractivity contribution in [2.24, 2.45) is 0 Å². The summed E-state index contributed by atoms with van der Waals surface area (Å²) in [4.78, 5) is 12.2. The molecule has 0 aromatic heterocycles. The van der Waals surface area contributed by atoms with Crippen LogP contribution in [-0.4, -0.2) is 11.7 Å². The van der Waals surface area contributed by atoms with E-state index >= 15 is 0 Å². The lowest BCUT2D eigenvalue weighted by atomic mass is 9.88. The van der Waals surface area contributed by atoms with Gasteiger partial charge in [0, 0.05) is 5.92 Å². The maximum absolute atomic E-state index is 12.2.